The maximum Gasteiger partial charge on any atom is 0.240 e. The van der Waals surface area contributed by atoms with Gasteiger partial charge in [0.1, 0.15) is 4.90 Å². The molecule has 3 nitrogen and oxygen atoms in total. The van der Waals surface area contributed by atoms with Gasteiger partial charge < -0.3 is 0 Å². The highest BCUT2D eigenvalue weighted by atomic mass is 79.9. The highest BCUT2D eigenvalue weighted by Crippen LogP contribution is 2.33. The van der Waals surface area contributed by atoms with E-state index < -0.39 is 10.0 Å². The second-order valence-electron chi connectivity index (χ2n) is 2.22. The van der Waals surface area contributed by atoms with Crippen LogP contribution < -0.4 is 5.14 Å². The van der Waals surface area contributed by atoms with Crippen LogP contribution >= 0.6 is 39.1 Å². The summed E-state index contributed by atoms with van der Waals surface area (Å²) < 4.78 is 22.4. The summed E-state index contributed by atoms with van der Waals surface area (Å²) in [4.78, 5) is -0.193. The van der Waals surface area contributed by atoms with Gasteiger partial charge in [-0.25, -0.2) is 13.6 Å². The van der Waals surface area contributed by atoms with E-state index in [1.807, 2.05) is 0 Å². The molecule has 7 heteroatoms. The van der Waals surface area contributed by atoms with Gasteiger partial charge in [-0.05, 0) is 28.1 Å². The van der Waals surface area contributed by atoms with Crippen LogP contribution in [0.2, 0.25) is 10.0 Å². The Kier molecular flexibility index (Phi) is 3.24. The first-order valence-corrected chi connectivity index (χ1v) is 6.10. The van der Waals surface area contributed by atoms with Crippen molar-refractivity contribution in [3.8, 4) is 0 Å². The van der Waals surface area contributed by atoms with Crippen molar-refractivity contribution in [2.75, 3.05) is 0 Å². The van der Waals surface area contributed by atoms with Crippen molar-refractivity contribution in [1.29, 1.82) is 0 Å². The van der Waals surface area contributed by atoms with E-state index in [1.165, 1.54) is 12.1 Å². The molecule has 0 atom stereocenters. The van der Waals surface area contributed by atoms with E-state index in [1.54, 1.807) is 0 Å². The van der Waals surface area contributed by atoms with Crippen molar-refractivity contribution in [1.82, 2.24) is 0 Å². The topological polar surface area (TPSA) is 60.2 Å². The Bertz CT molecular complexity index is 446. The molecule has 0 bridgehead atoms. The van der Waals surface area contributed by atoms with E-state index in [4.69, 9.17) is 28.3 Å². The van der Waals surface area contributed by atoms with Gasteiger partial charge in [0.15, 0.2) is 0 Å². The zero-order chi connectivity index (χ0) is 10.2. The molecule has 0 aliphatic carbocycles. The lowest BCUT2D eigenvalue weighted by Crippen LogP contribution is -2.13. The van der Waals surface area contributed by atoms with Crippen LogP contribution in [0.1, 0.15) is 0 Å². The SMILES string of the molecule is NS(=O)(=O)c1c(Br)ccc(Cl)c1Cl. The minimum absolute atomic E-state index is 0.0708. The summed E-state index contributed by atoms with van der Waals surface area (Å²) in [6.07, 6.45) is 0. The van der Waals surface area contributed by atoms with Crippen molar-refractivity contribution in [3.05, 3.63) is 26.7 Å². The Morgan fingerprint density at radius 2 is 1.85 bits per heavy atom. The maximum absolute atomic E-state index is 11.0. The number of hydrogen-bond acceptors (Lipinski definition) is 2. The zero-order valence-electron chi connectivity index (χ0n) is 6.09. The molecule has 1 rings (SSSR count). The van der Waals surface area contributed by atoms with Gasteiger partial charge in [0, 0.05) is 4.47 Å². The second kappa shape index (κ2) is 3.74. The first-order chi connectivity index (χ1) is 5.84. The molecule has 13 heavy (non-hydrogen) atoms. The van der Waals surface area contributed by atoms with Gasteiger partial charge in [-0.1, -0.05) is 23.2 Å². The van der Waals surface area contributed by atoms with Gasteiger partial charge in [0.25, 0.3) is 0 Å². The van der Waals surface area contributed by atoms with Crippen LogP contribution in [-0.2, 0) is 10.0 Å². The monoisotopic (exact) mass is 303 g/mol. The van der Waals surface area contributed by atoms with Crippen LogP contribution in [0.3, 0.4) is 0 Å². The molecule has 0 radical (unpaired) electrons. The molecule has 2 N–H and O–H groups in total. The first-order valence-electron chi connectivity index (χ1n) is 3.00. The predicted octanol–water partition coefficient (Wildman–Crippen LogP) is 2.40. The Hall–Kier alpha value is 0.190. The zero-order valence-corrected chi connectivity index (χ0v) is 10.0. The lowest BCUT2D eigenvalue weighted by atomic mass is 10.4. The minimum atomic E-state index is -3.85. The maximum atomic E-state index is 11.0. The predicted molar refractivity (Wildman–Crippen MR) is 55.5 cm³/mol. The lowest BCUT2D eigenvalue weighted by molar-refractivity contribution is 0.597. The largest absolute Gasteiger partial charge is 0.240 e. The van der Waals surface area contributed by atoms with E-state index in [0.29, 0.717) is 4.47 Å². The Morgan fingerprint density at radius 3 is 2.23 bits per heavy atom. The fourth-order valence-corrected chi connectivity index (χ4v) is 3.29. The molecule has 1 aromatic rings. The standard InChI is InChI=1S/C6H4BrCl2NO2S/c7-3-1-2-4(8)5(9)6(3)13(10,11)12/h1-2H,(H2,10,11,12). The second-order valence-corrected chi connectivity index (χ2v) is 5.36. The Balaban J connectivity index is 3.62. The average Bonchev–Trinajstić information content (AvgIpc) is 1.95. The van der Waals surface area contributed by atoms with Crippen LogP contribution in [0.4, 0.5) is 0 Å². The normalized spacial score (nSPS) is 11.7. The number of nitrogens with two attached hydrogens (primary N) is 1. The molecular formula is C6H4BrCl2NO2S. The van der Waals surface area contributed by atoms with Gasteiger partial charge in [-0.2, -0.15) is 0 Å². The fourth-order valence-electron chi connectivity index (χ4n) is 0.769. The van der Waals surface area contributed by atoms with Gasteiger partial charge in [0.2, 0.25) is 10.0 Å². The Labute approximate surface area is 94.0 Å². The van der Waals surface area contributed by atoms with Crippen molar-refractivity contribution < 1.29 is 8.42 Å². The van der Waals surface area contributed by atoms with Crippen LogP contribution in [0.25, 0.3) is 0 Å². The number of halogens is 3. The molecule has 1 aromatic carbocycles. The van der Waals surface area contributed by atoms with Crippen molar-refractivity contribution in [2.45, 2.75) is 4.90 Å². The molecule has 0 aliphatic rings. The van der Waals surface area contributed by atoms with Crippen LogP contribution in [0.15, 0.2) is 21.5 Å². The summed E-state index contributed by atoms with van der Waals surface area (Å²) in [5, 5.41) is 5.00. The summed E-state index contributed by atoms with van der Waals surface area (Å²) in [7, 11) is -3.85. The van der Waals surface area contributed by atoms with Crippen molar-refractivity contribution >= 4 is 49.2 Å². The van der Waals surface area contributed by atoms with Crippen LogP contribution in [-0.4, -0.2) is 8.42 Å². The number of sulfonamides is 1. The summed E-state index contributed by atoms with van der Waals surface area (Å²) in [6.45, 7) is 0. The minimum Gasteiger partial charge on any atom is -0.225 e. The third-order valence-corrected chi connectivity index (χ3v) is 4.12. The molecule has 0 saturated carbocycles. The van der Waals surface area contributed by atoms with E-state index in [9.17, 15) is 8.42 Å². The molecule has 0 saturated heterocycles. The lowest BCUT2D eigenvalue weighted by Gasteiger charge is -2.05. The molecule has 0 spiro atoms. The van der Waals surface area contributed by atoms with Crippen molar-refractivity contribution in [3.63, 3.8) is 0 Å². The number of rotatable bonds is 1. The van der Waals surface area contributed by atoms with E-state index in [0.717, 1.165) is 0 Å². The molecule has 0 heterocycles. The molecule has 0 amide bonds. The first kappa shape index (κ1) is 11.3. The molecular weight excluding hydrogens is 301 g/mol. The molecule has 0 fully saturated rings. The summed E-state index contributed by atoms with van der Waals surface area (Å²) in [6, 6.07) is 2.94. The molecule has 0 aromatic heterocycles. The van der Waals surface area contributed by atoms with E-state index >= 15 is 0 Å². The van der Waals surface area contributed by atoms with E-state index in [-0.39, 0.29) is 14.9 Å². The third kappa shape index (κ3) is 2.35. The summed E-state index contributed by atoms with van der Waals surface area (Å²) >= 11 is 14.3. The quantitative estimate of drug-likeness (QED) is 0.810. The van der Waals surface area contributed by atoms with Gasteiger partial charge in [-0.15, -0.1) is 0 Å². The summed E-state index contributed by atoms with van der Waals surface area (Å²) in [5.74, 6) is 0. The third-order valence-electron chi connectivity index (χ3n) is 1.29. The number of benzene rings is 1. The van der Waals surface area contributed by atoms with Crippen molar-refractivity contribution in [2.24, 2.45) is 5.14 Å². The average molecular weight is 305 g/mol. The number of primary sulfonamides is 1. The van der Waals surface area contributed by atoms with Gasteiger partial charge >= 0.3 is 0 Å². The number of hydrogen-bond donors (Lipinski definition) is 1. The van der Waals surface area contributed by atoms with Gasteiger partial charge in [0.05, 0.1) is 10.0 Å². The highest BCUT2D eigenvalue weighted by molar-refractivity contribution is 9.10. The molecule has 72 valence electrons. The van der Waals surface area contributed by atoms with Gasteiger partial charge in [-0.3, -0.25) is 0 Å². The van der Waals surface area contributed by atoms with Crippen LogP contribution in [0, 0.1) is 0 Å². The highest BCUT2D eigenvalue weighted by Gasteiger charge is 2.18. The summed E-state index contributed by atoms with van der Waals surface area (Å²) in [5.41, 5.74) is 0. The molecule has 0 unspecified atom stereocenters. The van der Waals surface area contributed by atoms with E-state index in [2.05, 4.69) is 15.9 Å². The molecule has 0 aliphatic heterocycles. The van der Waals surface area contributed by atoms with Crippen LogP contribution in [0.5, 0.6) is 0 Å². The fraction of sp³-hybridized carbons (Fsp3) is 0. The Morgan fingerprint density at radius 1 is 1.31 bits per heavy atom. The smallest absolute Gasteiger partial charge is 0.225 e.